The van der Waals surface area contributed by atoms with Crippen molar-refractivity contribution in [3.63, 3.8) is 0 Å². The quantitative estimate of drug-likeness (QED) is 0.820. The highest BCUT2D eigenvalue weighted by atomic mass is 19.1. The van der Waals surface area contributed by atoms with Crippen molar-refractivity contribution in [1.82, 2.24) is 20.1 Å². The van der Waals surface area contributed by atoms with Crippen LogP contribution in [0.4, 0.5) is 16.2 Å². The van der Waals surface area contributed by atoms with E-state index >= 15 is 0 Å². The third kappa shape index (κ3) is 2.90. The second kappa shape index (κ2) is 5.39. The molecule has 18 heavy (non-hydrogen) atoms. The van der Waals surface area contributed by atoms with E-state index in [1.807, 2.05) is 0 Å². The van der Waals surface area contributed by atoms with Crippen LogP contribution in [-0.2, 0) is 6.42 Å². The van der Waals surface area contributed by atoms with E-state index in [0.717, 1.165) is 6.20 Å². The summed E-state index contributed by atoms with van der Waals surface area (Å²) in [5.41, 5.74) is 0. The molecule has 0 saturated carbocycles. The number of halogens is 1. The number of hydrogen-bond donors (Lipinski definition) is 2. The van der Waals surface area contributed by atoms with Crippen molar-refractivity contribution in [2.45, 2.75) is 13.3 Å². The smallest absolute Gasteiger partial charge is 0.228 e. The molecule has 0 spiro atoms. The molecule has 0 saturated heterocycles. The van der Waals surface area contributed by atoms with Crippen molar-refractivity contribution in [2.24, 2.45) is 0 Å². The van der Waals surface area contributed by atoms with E-state index in [1.165, 1.54) is 0 Å². The number of rotatable bonds is 5. The van der Waals surface area contributed by atoms with Crippen molar-refractivity contribution < 1.29 is 8.91 Å². The average Bonchev–Trinajstić information content (AvgIpc) is 2.77. The Labute approximate surface area is 103 Å². The fourth-order valence-electron chi connectivity index (χ4n) is 1.34. The van der Waals surface area contributed by atoms with Crippen LogP contribution < -0.4 is 10.6 Å². The third-order valence-corrected chi connectivity index (χ3v) is 2.17. The van der Waals surface area contributed by atoms with Crippen molar-refractivity contribution in [3.8, 4) is 0 Å². The highest BCUT2D eigenvalue weighted by Gasteiger charge is 2.07. The molecular formula is C10H13FN6O. The fraction of sp³-hybridized carbons (Fsp3) is 0.400. The van der Waals surface area contributed by atoms with Crippen LogP contribution in [-0.4, -0.2) is 33.7 Å². The van der Waals surface area contributed by atoms with Gasteiger partial charge < -0.3 is 15.2 Å². The first-order chi connectivity index (χ1) is 8.69. The van der Waals surface area contributed by atoms with Gasteiger partial charge in [-0.1, -0.05) is 5.16 Å². The molecule has 2 N–H and O–H groups in total. The molecule has 2 rings (SSSR count). The maximum atomic E-state index is 13.4. The Bertz CT molecular complexity index is 529. The molecule has 0 bridgehead atoms. The first-order valence-electron chi connectivity index (χ1n) is 5.42. The van der Waals surface area contributed by atoms with E-state index in [4.69, 9.17) is 4.52 Å². The molecule has 2 heterocycles. The molecule has 0 radical (unpaired) electrons. The van der Waals surface area contributed by atoms with E-state index in [0.29, 0.717) is 30.6 Å². The standard InChI is InChI=1S/C10H13FN6O/c1-6-15-8(18-17-6)3-4-13-9-7(11)5-14-10(12-2)16-9/h5H,3-4H2,1-2H3,(H2,12,13,14,16). The van der Waals surface area contributed by atoms with E-state index in [9.17, 15) is 4.39 Å². The van der Waals surface area contributed by atoms with Crippen LogP contribution in [0, 0.1) is 12.7 Å². The largest absolute Gasteiger partial charge is 0.367 e. The molecule has 0 atom stereocenters. The molecule has 0 unspecified atom stereocenters. The van der Waals surface area contributed by atoms with Gasteiger partial charge in [0.2, 0.25) is 11.8 Å². The Balaban J connectivity index is 1.93. The Morgan fingerprint density at radius 1 is 1.39 bits per heavy atom. The van der Waals surface area contributed by atoms with Gasteiger partial charge in [0.15, 0.2) is 17.5 Å². The highest BCUT2D eigenvalue weighted by molar-refractivity contribution is 5.40. The highest BCUT2D eigenvalue weighted by Crippen LogP contribution is 2.11. The monoisotopic (exact) mass is 252 g/mol. The van der Waals surface area contributed by atoms with Gasteiger partial charge in [-0.2, -0.15) is 9.97 Å². The van der Waals surface area contributed by atoms with Crippen LogP contribution in [0.1, 0.15) is 11.7 Å². The van der Waals surface area contributed by atoms with Gasteiger partial charge in [0.1, 0.15) is 0 Å². The number of anilines is 2. The zero-order valence-corrected chi connectivity index (χ0v) is 10.1. The van der Waals surface area contributed by atoms with Gasteiger partial charge in [-0.05, 0) is 6.92 Å². The lowest BCUT2D eigenvalue weighted by molar-refractivity contribution is 0.377. The minimum atomic E-state index is -0.504. The van der Waals surface area contributed by atoms with E-state index < -0.39 is 5.82 Å². The first-order valence-corrected chi connectivity index (χ1v) is 5.42. The second-order valence-corrected chi connectivity index (χ2v) is 3.55. The van der Waals surface area contributed by atoms with E-state index in [2.05, 4.69) is 30.7 Å². The van der Waals surface area contributed by atoms with Crippen LogP contribution in [0.15, 0.2) is 10.7 Å². The average molecular weight is 252 g/mol. The first kappa shape index (κ1) is 12.2. The normalized spacial score (nSPS) is 10.4. The van der Waals surface area contributed by atoms with Crippen LogP contribution in [0.3, 0.4) is 0 Å². The van der Waals surface area contributed by atoms with Crippen molar-refractivity contribution in [1.29, 1.82) is 0 Å². The lowest BCUT2D eigenvalue weighted by Crippen LogP contribution is -2.10. The lowest BCUT2D eigenvalue weighted by Gasteiger charge is -2.06. The SMILES string of the molecule is CNc1ncc(F)c(NCCc2nc(C)no2)n1. The molecule has 0 aliphatic rings. The second-order valence-electron chi connectivity index (χ2n) is 3.55. The summed E-state index contributed by atoms with van der Waals surface area (Å²) in [6.45, 7) is 2.18. The zero-order valence-electron chi connectivity index (χ0n) is 10.1. The van der Waals surface area contributed by atoms with Crippen molar-refractivity contribution >= 4 is 11.8 Å². The van der Waals surface area contributed by atoms with Crippen molar-refractivity contribution in [2.75, 3.05) is 24.2 Å². The van der Waals surface area contributed by atoms with E-state index in [-0.39, 0.29) is 5.82 Å². The van der Waals surface area contributed by atoms with Gasteiger partial charge >= 0.3 is 0 Å². The third-order valence-electron chi connectivity index (χ3n) is 2.17. The Kier molecular flexibility index (Phi) is 3.66. The summed E-state index contributed by atoms with van der Waals surface area (Å²) >= 11 is 0. The maximum absolute atomic E-state index is 13.4. The number of aromatic nitrogens is 4. The molecule has 0 aliphatic heterocycles. The van der Waals surface area contributed by atoms with Crippen LogP contribution in [0.25, 0.3) is 0 Å². The summed E-state index contributed by atoms with van der Waals surface area (Å²) in [4.78, 5) is 11.7. The number of aryl methyl sites for hydroxylation is 1. The number of nitrogens with zero attached hydrogens (tertiary/aromatic N) is 4. The number of hydrogen-bond acceptors (Lipinski definition) is 7. The van der Waals surface area contributed by atoms with Gasteiger partial charge in [0.25, 0.3) is 0 Å². The van der Waals surface area contributed by atoms with Gasteiger partial charge in [-0.25, -0.2) is 9.37 Å². The van der Waals surface area contributed by atoms with Gasteiger partial charge in [0, 0.05) is 20.0 Å². The zero-order chi connectivity index (χ0) is 13.0. The van der Waals surface area contributed by atoms with Gasteiger partial charge in [0.05, 0.1) is 6.20 Å². The summed E-state index contributed by atoms with van der Waals surface area (Å²) in [5, 5.41) is 9.25. The van der Waals surface area contributed by atoms with Gasteiger partial charge in [-0.3, -0.25) is 0 Å². The molecule has 7 nitrogen and oxygen atoms in total. The molecule has 8 heteroatoms. The minimum Gasteiger partial charge on any atom is -0.367 e. The molecule has 0 aliphatic carbocycles. The molecule has 0 amide bonds. The Morgan fingerprint density at radius 3 is 2.89 bits per heavy atom. The molecule has 2 aromatic heterocycles. The van der Waals surface area contributed by atoms with Crippen molar-refractivity contribution in [3.05, 3.63) is 23.7 Å². The minimum absolute atomic E-state index is 0.144. The summed E-state index contributed by atoms with van der Waals surface area (Å²) < 4.78 is 18.3. The fourth-order valence-corrected chi connectivity index (χ4v) is 1.34. The Hall–Kier alpha value is -2.25. The summed E-state index contributed by atoms with van der Waals surface area (Å²) in [5.74, 6) is 1.08. The topological polar surface area (TPSA) is 88.8 Å². The maximum Gasteiger partial charge on any atom is 0.228 e. The van der Waals surface area contributed by atoms with E-state index in [1.54, 1.807) is 14.0 Å². The molecule has 2 aromatic rings. The van der Waals surface area contributed by atoms with Crippen LogP contribution in [0.5, 0.6) is 0 Å². The summed E-state index contributed by atoms with van der Waals surface area (Å²) in [7, 11) is 1.66. The summed E-state index contributed by atoms with van der Waals surface area (Å²) in [6.07, 6.45) is 1.61. The van der Waals surface area contributed by atoms with Crippen LogP contribution in [0.2, 0.25) is 0 Å². The molecule has 0 aromatic carbocycles. The lowest BCUT2D eigenvalue weighted by atomic mass is 10.4. The van der Waals surface area contributed by atoms with Gasteiger partial charge in [-0.15, -0.1) is 0 Å². The predicted molar refractivity (Wildman–Crippen MR) is 62.8 cm³/mol. The summed E-state index contributed by atoms with van der Waals surface area (Å²) in [6, 6.07) is 0. The predicted octanol–water partition coefficient (Wildman–Crippen LogP) is 1.00. The van der Waals surface area contributed by atoms with Crippen LogP contribution >= 0.6 is 0 Å². The molecular weight excluding hydrogens is 239 g/mol. The molecule has 0 fully saturated rings. The number of nitrogens with one attached hydrogen (secondary N) is 2. The molecule has 96 valence electrons. The Morgan fingerprint density at radius 2 is 2.22 bits per heavy atom.